The number of ether oxygens (including phenoxy) is 2. The van der Waals surface area contributed by atoms with Crippen LogP contribution in [0.15, 0.2) is 24.3 Å². The highest BCUT2D eigenvalue weighted by atomic mass is 16.5. The lowest BCUT2D eigenvalue weighted by molar-refractivity contribution is 0.355. The van der Waals surface area contributed by atoms with Crippen LogP contribution in [0.4, 0.5) is 0 Å². The van der Waals surface area contributed by atoms with Crippen molar-refractivity contribution in [3.63, 3.8) is 0 Å². The highest BCUT2D eigenvalue weighted by Crippen LogP contribution is 2.27. The van der Waals surface area contributed by atoms with Crippen molar-refractivity contribution in [2.24, 2.45) is 0 Å². The maximum atomic E-state index is 5.26. The van der Waals surface area contributed by atoms with Crippen molar-refractivity contribution >= 4 is 6.08 Å². The van der Waals surface area contributed by atoms with E-state index in [2.05, 4.69) is 38.2 Å². The quantitative estimate of drug-likeness (QED) is 0.869. The lowest BCUT2D eigenvalue weighted by Crippen LogP contribution is -2.35. The minimum atomic E-state index is 0.141. The first-order valence-electron chi connectivity index (χ1n) is 6.10. The van der Waals surface area contributed by atoms with Gasteiger partial charge in [-0.05, 0) is 38.5 Å². The highest BCUT2D eigenvalue weighted by molar-refractivity contribution is 5.55. The summed E-state index contributed by atoms with van der Waals surface area (Å²) in [5.41, 5.74) is 1.24. The van der Waals surface area contributed by atoms with Crippen molar-refractivity contribution < 1.29 is 9.47 Å². The van der Waals surface area contributed by atoms with E-state index in [1.54, 1.807) is 14.2 Å². The Balaban J connectivity index is 2.65. The number of rotatable bonds is 5. The molecule has 3 nitrogen and oxygen atoms in total. The monoisotopic (exact) mass is 249 g/mol. The van der Waals surface area contributed by atoms with Gasteiger partial charge in [-0.3, -0.25) is 0 Å². The van der Waals surface area contributed by atoms with E-state index in [-0.39, 0.29) is 5.54 Å². The van der Waals surface area contributed by atoms with E-state index in [0.717, 1.165) is 23.6 Å². The van der Waals surface area contributed by atoms with Crippen LogP contribution in [0, 0.1) is 0 Å². The molecular formula is C15H23NO2. The molecule has 0 heterocycles. The Morgan fingerprint density at radius 1 is 1.11 bits per heavy atom. The number of methoxy groups -OCH3 is 2. The van der Waals surface area contributed by atoms with Crippen LogP contribution < -0.4 is 14.8 Å². The molecule has 1 aromatic rings. The Labute approximate surface area is 110 Å². The molecule has 0 aromatic heterocycles. The molecule has 1 N–H and O–H groups in total. The topological polar surface area (TPSA) is 30.5 Å². The smallest absolute Gasteiger partial charge is 0.161 e. The van der Waals surface area contributed by atoms with Gasteiger partial charge in [0, 0.05) is 12.1 Å². The van der Waals surface area contributed by atoms with Gasteiger partial charge in [-0.15, -0.1) is 0 Å². The van der Waals surface area contributed by atoms with E-state index >= 15 is 0 Å². The molecular weight excluding hydrogens is 226 g/mol. The Kier molecular flexibility index (Phi) is 5.23. The molecule has 0 radical (unpaired) electrons. The van der Waals surface area contributed by atoms with Crippen LogP contribution in [0.1, 0.15) is 26.3 Å². The molecule has 0 bridgehead atoms. The number of hydrogen-bond donors (Lipinski definition) is 1. The Bertz CT molecular complexity index is 405. The van der Waals surface area contributed by atoms with Crippen LogP contribution >= 0.6 is 0 Å². The summed E-state index contributed by atoms with van der Waals surface area (Å²) in [6.45, 7) is 7.30. The van der Waals surface area contributed by atoms with E-state index in [1.807, 2.05) is 18.2 Å². The largest absolute Gasteiger partial charge is 0.493 e. The van der Waals surface area contributed by atoms with Crippen molar-refractivity contribution in [3.8, 4) is 11.5 Å². The predicted octanol–water partition coefficient (Wildman–Crippen LogP) is 3.11. The summed E-state index contributed by atoms with van der Waals surface area (Å²) >= 11 is 0. The van der Waals surface area contributed by atoms with E-state index in [4.69, 9.17) is 9.47 Å². The SMILES string of the molecule is COc1ccc(C=CCNC(C)(C)C)cc1OC. The number of benzene rings is 1. The van der Waals surface area contributed by atoms with Crippen molar-refractivity contribution in [1.82, 2.24) is 5.32 Å². The van der Waals surface area contributed by atoms with Crippen molar-refractivity contribution in [2.75, 3.05) is 20.8 Å². The van der Waals surface area contributed by atoms with E-state index in [9.17, 15) is 0 Å². The van der Waals surface area contributed by atoms with Crippen molar-refractivity contribution in [3.05, 3.63) is 29.8 Å². The van der Waals surface area contributed by atoms with Crippen LogP contribution in [0.3, 0.4) is 0 Å². The fourth-order valence-corrected chi connectivity index (χ4v) is 1.52. The molecule has 100 valence electrons. The second kappa shape index (κ2) is 6.45. The van der Waals surface area contributed by atoms with Gasteiger partial charge in [-0.2, -0.15) is 0 Å². The lowest BCUT2D eigenvalue weighted by Gasteiger charge is -2.18. The number of nitrogens with one attached hydrogen (secondary N) is 1. The molecule has 1 rings (SSSR count). The molecule has 0 atom stereocenters. The molecule has 0 fully saturated rings. The van der Waals surface area contributed by atoms with E-state index in [0.29, 0.717) is 0 Å². The van der Waals surface area contributed by atoms with Crippen LogP contribution in [0.2, 0.25) is 0 Å². The zero-order chi connectivity index (χ0) is 13.6. The molecule has 3 heteroatoms. The summed E-state index contributed by atoms with van der Waals surface area (Å²) in [5, 5.41) is 3.40. The molecule has 0 amide bonds. The maximum Gasteiger partial charge on any atom is 0.161 e. The second-order valence-corrected chi connectivity index (χ2v) is 5.15. The standard InChI is InChI=1S/C15H23NO2/c1-15(2,3)16-10-6-7-12-8-9-13(17-4)14(11-12)18-5/h6-9,11,16H,10H2,1-5H3. The van der Waals surface area contributed by atoms with Gasteiger partial charge in [0.05, 0.1) is 14.2 Å². The zero-order valence-corrected chi connectivity index (χ0v) is 11.9. The first-order chi connectivity index (χ1) is 8.46. The van der Waals surface area contributed by atoms with Crippen LogP contribution in [-0.4, -0.2) is 26.3 Å². The van der Waals surface area contributed by atoms with Crippen LogP contribution in [0.5, 0.6) is 11.5 Å². The summed E-state index contributed by atoms with van der Waals surface area (Å²) in [7, 11) is 3.28. The summed E-state index contributed by atoms with van der Waals surface area (Å²) < 4.78 is 10.5. The molecule has 0 saturated heterocycles. The summed E-state index contributed by atoms with van der Waals surface area (Å²) in [4.78, 5) is 0. The Morgan fingerprint density at radius 3 is 2.33 bits per heavy atom. The molecule has 0 aliphatic heterocycles. The zero-order valence-electron chi connectivity index (χ0n) is 11.9. The average Bonchev–Trinajstić information content (AvgIpc) is 2.33. The fraction of sp³-hybridized carbons (Fsp3) is 0.467. The van der Waals surface area contributed by atoms with Gasteiger partial charge in [0.15, 0.2) is 11.5 Å². The van der Waals surface area contributed by atoms with Crippen molar-refractivity contribution in [1.29, 1.82) is 0 Å². The molecule has 18 heavy (non-hydrogen) atoms. The first-order valence-corrected chi connectivity index (χ1v) is 6.10. The second-order valence-electron chi connectivity index (χ2n) is 5.15. The average molecular weight is 249 g/mol. The first kappa shape index (κ1) is 14.6. The Morgan fingerprint density at radius 2 is 1.78 bits per heavy atom. The third kappa shape index (κ3) is 4.80. The Hall–Kier alpha value is -1.48. The summed E-state index contributed by atoms with van der Waals surface area (Å²) in [5.74, 6) is 1.51. The van der Waals surface area contributed by atoms with Gasteiger partial charge in [-0.1, -0.05) is 18.2 Å². The van der Waals surface area contributed by atoms with E-state index < -0.39 is 0 Å². The van der Waals surface area contributed by atoms with Gasteiger partial charge in [-0.25, -0.2) is 0 Å². The van der Waals surface area contributed by atoms with Crippen LogP contribution in [0.25, 0.3) is 6.08 Å². The van der Waals surface area contributed by atoms with Gasteiger partial charge < -0.3 is 14.8 Å². The highest BCUT2D eigenvalue weighted by Gasteiger charge is 2.06. The minimum Gasteiger partial charge on any atom is -0.493 e. The molecule has 0 spiro atoms. The molecule has 0 saturated carbocycles. The minimum absolute atomic E-state index is 0.141. The summed E-state index contributed by atoms with van der Waals surface area (Å²) in [6, 6.07) is 5.89. The van der Waals surface area contributed by atoms with Gasteiger partial charge in [0.2, 0.25) is 0 Å². The maximum absolute atomic E-state index is 5.26. The number of hydrogen-bond acceptors (Lipinski definition) is 3. The van der Waals surface area contributed by atoms with Crippen molar-refractivity contribution in [2.45, 2.75) is 26.3 Å². The third-order valence-electron chi connectivity index (χ3n) is 2.47. The summed E-state index contributed by atoms with van der Waals surface area (Å²) in [6.07, 6.45) is 4.17. The molecule has 1 aromatic carbocycles. The van der Waals surface area contributed by atoms with Gasteiger partial charge in [0.1, 0.15) is 0 Å². The third-order valence-corrected chi connectivity index (χ3v) is 2.47. The normalized spacial score (nSPS) is 11.8. The van der Waals surface area contributed by atoms with E-state index in [1.165, 1.54) is 0 Å². The fourth-order valence-electron chi connectivity index (χ4n) is 1.52. The predicted molar refractivity (Wildman–Crippen MR) is 76.3 cm³/mol. The molecule has 0 unspecified atom stereocenters. The van der Waals surface area contributed by atoms with Gasteiger partial charge in [0.25, 0.3) is 0 Å². The van der Waals surface area contributed by atoms with Gasteiger partial charge >= 0.3 is 0 Å². The molecule has 0 aliphatic carbocycles. The molecule has 0 aliphatic rings. The van der Waals surface area contributed by atoms with Crippen LogP contribution in [-0.2, 0) is 0 Å². The lowest BCUT2D eigenvalue weighted by atomic mass is 10.1.